The molecule has 4 atom stereocenters. The molecule has 5 aromatic heterocycles. The topological polar surface area (TPSA) is 193 Å². The van der Waals surface area contributed by atoms with E-state index >= 15 is 0 Å². The highest BCUT2D eigenvalue weighted by Gasteiger charge is 2.43. The van der Waals surface area contributed by atoms with E-state index in [-0.39, 0.29) is 54.1 Å². The third-order valence-electron chi connectivity index (χ3n) is 12.3. The van der Waals surface area contributed by atoms with Crippen LogP contribution >= 0.6 is 22.7 Å². The van der Waals surface area contributed by atoms with Gasteiger partial charge in [-0.05, 0) is 85.5 Å². The smallest absolute Gasteiger partial charge is 0.259 e. The number of para-hydroxylation sites is 1. The molecule has 1 unspecified atom stereocenters. The monoisotopic (exact) mass is 899 g/mol. The minimum Gasteiger partial charge on any atom is -0.507 e. The summed E-state index contributed by atoms with van der Waals surface area (Å²) < 4.78 is 11.7. The number of amides is 2. The van der Waals surface area contributed by atoms with E-state index in [1.54, 1.807) is 53.3 Å². The van der Waals surface area contributed by atoms with Crippen molar-refractivity contribution in [3.8, 4) is 39.1 Å². The van der Waals surface area contributed by atoms with E-state index in [2.05, 4.69) is 47.4 Å². The Morgan fingerprint density at radius 1 is 0.969 bits per heavy atom. The maximum atomic E-state index is 14.2. The summed E-state index contributed by atoms with van der Waals surface area (Å²) >= 11 is 3.27. The number of piperidine rings is 1. The predicted octanol–water partition coefficient (Wildman–Crippen LogP) is 8.34. The summed E-state index contributed by atoms with van der Waals surface area (Å²) in [5, 5.41) is 38.2. The number of likely N-dealkylation sites (tertiary alicyclic amines) is 1. The number of phenolic OH excluding ortho intramolecular Hbond substituents is 1. The number of aliphatic hydroxyl groups excluding tert-OH is 1. The van der Waals surface area contributed by atoms with Crippen LogP contribution in [0.1, 0.15) is 85.4 Å². The molecule has 2 aromatic carbocycles. The number of β-amino-alcohol motifs (C(OH)–C–C–N with tert-alkyl or cyclic N) is 1. The van der Waals surface area contributed by atoms with Gasteiger partial charge in [-0.1, -0.05) is 50.2 Å². The van der Waals surface area contributed by atoms with Crippen LogP contribution < -0.4 is 15.0 Å². The number of carbonyl (C=O) groups excluding carboxylic acids is 2. The largest absolute Gasteiger partial charge is 0.507 e. The van der Waals surface area contributed by atoms with Crippen LogP contribution in [-0.4, -0.2) is 89.0 Å². The van der Waals surface area contributed by atoms with Gasteiger partial charge in [0, 0.05) is 47.9 Å². The maximum absolute atomic E-state index is 14.2. The van der Waals surface area contributed by atoms with Crippen LogP contribution in [0.25, 0.3) is 31.9 Å². The number of nitrogens with one attached hydrogen (secondary N) is 1. The van der Waals surface area contributed by atoms with Gasteiger partial charge in [0.15, 0.2) is 11.5 Å². The zero-order valence-electron chi connectivity index (χ0n) is 36.1. The molecule has 0 spiro atoms. The lowest BCUT2D eigenvalue weighted by Gasteiger charge is -2.31. The first-order valence-corrected chi connectivity index (χ1v) is 23.2. The zero-order valence-corrected chi connectivity index (χ0v) is 37.8. The summed E-state index contributed by atoms with van der Waals surface area (Å²) in [4.78, 5) is 48.4. The van der Waals surface area contributed by atoms with Crippen molar-refractivity contribution < 1.29 is 29.1 Å². The van der Waals surface area contributed by atoms with Gasteiger partial charge in [0.1, 0.15) is 22.5 Å². The summed E-state index contributed by atoms with van der Waals surface area (Å²) in [7, 11) is 0. The number of nitrogens with zero attached hydrogens (tertiary/aromatic N) is 8. The van der Waals surface area contributed by atoms with Gasteiger partial charge in [-0.25, -0.2) is 15.0 Å². The van der Waals surface area contributed by atoms with E-state index in [4.69, 9.17) is 9.26 Å². The molecule has 17 heteroatoms. The maximum Gasteiger partial charge on any atom is 0.259 e. The molecule has 0 saturated carbocycles. The minimum atomic E-state index is -0.856. The van der Waals surface area contributed by atoms with Crippen LogP contribution in [0.15, 0.2) is 83.1 Å². The van der Waals surface area contributed by atoms with E-state index in [1.807, 2.05) is 75.7 Å². The molecular formula is C47H49N9O6S2. The van der Waals surface area contributed by atoms with Gasteiger partial charge in [-0.2, -0.15) is 0 Å². The number of hydrogen-bond acceptors (Lipinski definition) is 15. The number of aryl methyl sites for hydroxylation is 2. The van der Waals surface area contributed by atoms with Gasteiger partial charge in [0.25, 0.3) is 5.88 Å². The fraction of sp³-hybridized carbons (Fsp3) is 0.362. The Morgan fingerprint density at radius 3 is 2.42 bits per heavy atom. The summed E-state index contributed by atoms with van der Waals surface area (Å²) in [6.07, 6.45) is 4.32. The normalized spacial score (nSPS) is 17.9. The molecule has 0 aliphatic carbocycles. The Bertz CT molecular complexity index is 2780. The lowest BCUT2D eigenvalue weighted by Crippen LogP contribution is -2.48. The number of rotatable bonds is 12. The fourth-order valence-corrected chi connectivity index (χ4v) is 10.9. The van der Waals surface area contributed by atoms with Crippen molar-refractivity contribution in [1.29, 1.82) is 0 Å². The molecular weight excluding hydrogens is 851 g/mol. The number of benzene rings is 2. The van der Waals surface area contributed by atoms with Gasteiger partial charge in [0.2, 0.25) is 17.8 Å². The summed E-state index contributed by atoms with van der Waals surface area (Å²) in [5.74, 6) is 0.266. The Kier molecular flexibility index (Phi) is 12.1. The highest BCUT2D eigenvalue weighted by molar-refractivity contribution is 7.19. The van der Waals surface area contributed by atoms with Gasteiger partial charge in [0.05, 0.1) is 46.3 Å². The third-order valence-corrected chi connectivity index (χ3v) is 14.6. The molecule has 3 N–H and O–H groups in total. The van der Waals surface area contributed by atoms with Crippen LogP contribution in [0.5, 0.6) is 17.4 Å². The van der Waals surface area contributed by atoms with Crippen LogP contribution in [0.4, 0.5) is 5.95 Å². The number of phenols is 1. The second-order valence-electron chi connectivity index (χ2n) is 16.9. The fourth-order valence-electron chi connectivity index (χ4n) is 8.82. The van der Waals surface area contributed by atoms with Gasteiger partial charge in [-0.15, -0.1) is 32.9 Å². The third kappa shape index (κ3) is 8.66. The first kappa shape index (κ1) is 43.0. The minimum absolute atomic E-state index is 0.0267. The number of hydrogen-bond donors (Lipinski definition) is 3. The number of ether oxygens (including phenoxy) is 1. The average Bonchev–Trinajstić information content (AvgIpc) is 4.11. The van der Waals surface area contributed by atoms with Crippen molar-refractivity contribution in [1.82, 2.24) is 40.5 Å². The molecule has 2 aliphatic heterocycles. The zero-order chi connectivity index (χ0) is 44.6. The van der Waals surface area contributed by atoms with Gasteiger partial charge < -0.3 is 34.6 Å². The van der Waals surface area contributed by atoms with Crippen LogP contribution in [-0.2, 0) is 9.59 Å². The molecule has 0 bridgehead atoms. The predicted molar refractivity (Wildman–Crippen MR) is 245 cm³/mol. The number of carbonyl (C=O) groups is 2. The molecule has 2 fully saturated rings. The molecule has 330 valence electrons. The Morgan fingerprint density at radius 2 is 1.72 bits per heavy atom. The second kappa shape index (κ2) is 18.1. The molecule has 2 saturated heterocycles. The number of aromatic hydroxyl groups is 1. The van der Waals surface area contributed by atoms with Crippen molar-refractivity contribution in [3.05, 3.63) is 106 Å². The lowest BCUT2D eigenvalue weighted by atomic mass is 9.91. The molecule has 2 amide bonds. The number of aliphatic hydroxyl groups is 1. The molecule has 7 heterocycles. The Labute approximate surface area is 378 Å². The van der Waals surface area contributed by atoms with Gasteiger partial charge >= 0.3 is 0 Å². The first-order valence-electron chi connectivity index (χ1n) is 21.5. The highest BCUT2D eigenvalue weighted by atomic mass is 32.1. The van der Waals surface area contributed by atoms with Crippen LogP contribution in [0.3, 0.4) is 0 Å². The number of thiazole rings is 1. The van der Waals surface area contributed by atoms with Crippen molar-refractivity contribution in [3.63, 3.8) is 0 Å². The van der Waals surface area contributed by atoms with E-state index < -0.39 is 18.1 Å². The van der Waals surface area contributed by atoms with Crippen LogP contribution in [0.2, 0.25) is 0 Å². The standard InChI is InChI=1S/C47H49N9O6S2/c1-25(2)41(46(60)56-23-32(57)18-37(56)44(59)51-27(4)29-10-12-30(13-11-29)43-28(5)50-24-63-43)39-20-40(54-62-39)61-33-21-48-47(49-22-33)55-16-14-31(15-17-55)42-26(3)35-19-36(52-53-45(35)64-42)34-8-6-7-9-38(34)58/h6-13,19-22,24-25,27,31-32,37,41,57-58H,14-18,23H2,1-5H3,(H,51,59)/t27-,32+,37-,41?/m0/s1. The van der Waals surface area contributed by atoms with Gasteiger partial charge in [-0.3, -0.25) is 9.59 Å². The SMILES string of the molecule is Cc1ncsc1-c1ccc([C@H](C)NC(=O)[C@@H]2C[C@@H](O)CN2C(=O)C(c2cc(Oc3cnc(N4CCC(c5sc6nnc(-c7ccccc7O)cc6c5C)CC4)nc3)no2)C(C)C)cc1. The quantitative estimate of drug-likeness (QED) is 0.106. The number of fused-ring (bicyclic) bond motifs is 1. The van der Waals surface area contributed by atoms with Crippen molar-refractivity contribution in [2.75, 3.05) is 24.5 Å². The number of aromatic nitrogens is 6. The van der Waals surface area contributed by atoms with Crippen molar-refractivity contribution in [2.24, 2.45) is 5.92 Å². The number of anilines is 1. The van der Waals surface area contributed by atoms with E-state index in [1.165, 1.54) is 15.3 Å². The average molecular weight is 900 g/mol. The summed E-state index contributed by atoms with van der Waals surface area (Å²) in [6, 6.07) is 17.6. The van der Waals surface area contributed by atoms with Crippen molar-refractivity contribution >= 4 is 50.7 Å². The highest BCUT2D eigenvalue weighted by Crippen LogP contribution is 2.41. The molecule has 7 aromatic rings. The summed E-state index contributed by atoms with van der Waals surface area (Å²) in [6.45, 7) is 11.4. The first-order chi connectivity index (χ1) is 30.9. The molecule has 2 aliphatic rings. The van der Waals surface area contributed by atoms with E-state index in [9.17, 15) is 19.8 Å². The molecule has 0 radical (unpaired) electrons. The molecule has 15 nitrogen and oxygen atoms in total. The second-order valence-corrected chi connectivity index (χ2v) is 18.8. The Balaban J connectivity index is 0.807. The van der Waals surface area contributed by atoms with E-state index in [0.29, 0.717) is 28.9 Å². The number of thiophene rings is 1. The van der Waals surface area contributed by atoms with Crippen LogP contribution in [0, 0.1) is 19.8 Å². The summed E-state index contributed by atoms with van der Waals surface area (Å²) in [5.41, 5.74) is 7.30. The van der Waals surface area contributed by atoms with Crippen molar-refractivity contribution in [2.45, 2.75) is 83.9 Å². The molecule has 9 rings (SSSR count). The lowest BCUT2D eigenvalue weighted by molar-refractivity contribution is -0.141. The van der Waals surface area contributed by atoms with E-state index in [0.717, 1.165) is 57.8 Å². The molecule has 64 heavy (non-hydrogen) atoms. The Hall–Kier alpha value is -6.30.